The molecule has 1 aliphatic rings. The fraction of sp³-hybridized carbons (Fsp3) is 0.235. The van der Waals surface area contributed by atoms with Crippen molar-refractivity contribution in [2.45, 2.75) is 23.2 Å². The fourth-order valence-electron chi connectivity index (χ4n) is 2.98. The molecular weight excluding hydrogens is 296 g/mol. The van der Waals surface area contributed by atoms with Gasteiger partial charge in [-0.05, 0) is 48.4 Å². The second-order valence-electron chi connectivity index (χ2n) is 5.38. The first-order valence-electron chi connectivity index (χ1n) is 7.10. The van der Waals surface area contributed by atoms with E-state index < -0.39 is 0 Å². The van der Waals surface area contributed by atoms with Gasteiger partial charge in [-0.2, -0.15) is 0 Å². The molecule has 4 heteroatoms. The molecule has 0 radical (unpaired) electrons. The number of benzene rings is 2. The number of nitrogens with zero attached hydrogens (tertiary/aromatic N) is 1. The molecule has 2 nitrogen and oxygen atoms in total. The number of thiazole rings is 1. The highest BCUT2D eigenvalue weighted by atomic mass is 32.2. The summed E-state index contributed by atoms with van der Waals surface area (Å²) in [4.78, 5) is 4.59. The van der Waals surface area contributed by atoms with E-state index in [9.17, 15) is 0 Å². The van der Waals surface area contributed by atoms with Crippen LogP contribution in [0, 0.1) is 0 Å². The smallest absolute Gasteiger partial charge is 0.150 e. The summed E-state index contributed by atoms with van der Waals surface area (Å²) in [6, 6.07) is 15.8. The van der Waals surface area contributed by atoms with Gasteiger partial charge >= 0.3 is 0 Å². The highest BCUT2D eigenvalue weighted by molar-refractivity contribution is 8.00. The lowest BCUT2D eigenvalue weighted by molar-refractivity contribution is 0.774. The molecule has 0 atom stereocenters. The van der Waals surface area contributed by atoms with Crippen molar-refractivity contribution in [2.24, 2.45) is 0 Å². The van der Waals surface area contributed by atoms with Crippen molar-refractivity contribution in [3.63, 3.8) is 0 Å². The molecule has 0 unspecified atom stereocenters. The third-order valence-electron chi connectivity index (χ3n) is 3.97. The van der Waals surface area contributed by atoms with E-state index in [2.05, 4.69) is 59.0 Å². The van der Waals surface area contributed by atoms with Gasteiger partial charge in [-0.15, -0.1) is 11.3 Å². The number of aromatic nitrogens is 1. The lowest BCUT2D eigenvalue weighted by atomic mass is 10.1. The lowest BCUT2D eigenvalue weighted by Gasteiger charge is -2.13. The molecule has 1 aliphatic carbocycles. The molecule has 0 amide bonds. The van der Waals surface area contributed by atoms with E-state index in [0.717, 1.165) is 22.7 Å². The first-order valence-corrected chi connectivity index (χ1v) is 9.14. The van der Waals surface area contributed by atoms with Crippen LogP contribution in [0.2, 0.25) is 0 Å². The first kappa shape index (κ1) is 13.2. The number of hydrogen-bond acceptors (Lipinski definition) is 4. The summed E-state index contributed by atoms with van der Waals surface area (Å²) in [7, 11) is 0. The predicted octanol–water partition coefficient (Wildman–Crippen LogP) is 4.60. The number of anilines is 1. The van der Waals surface area contributed by atoms with Crippen LogP contribution in [0.5, 0.6) is 0 Å². The lowest BCUT2D eigenvalue weighted by Crippen LogP contribution is -2.19. The second kappa shape index (κ2) is 5.35. The molecule has 0 saturated heterocycles. The summed E-state index contributed by atoms with van der Waals surface area (Å²) in [5, 5.41) is 3.68. The molecular formula is C17H16N2S2. The average Bonchev–Trinajstić information content (AvgIpc) is 3.09. The summed E-state index contributed by atoms with van der Waals surface area (Å²) < 4.78 is 2.40. The zero-order valence-electron chi connectivity index (χ0n) is 11.8. The highest BCUT2D eigenvalue weighted by Gasteiger charge is 2.20. The van der Waals surface area contributed by atoms with Crippen molar-refractivity contribution < 1.29 is 0 Å². The number of fused-ring (bicyclic) bond motifs is 2. The van der Waals surface area contributed by atoms with Crippen LogP contribution in [0.3, 0.4) is 0 Å². The van der Waals surface area contributed by atoms with E-state index >= 15 is 0 Å². The third-order valence-corrected chi connectivity index (χ3v) is 5.97. The van der Waals surface area contributed by atoms with Gasteiger partial charge in [0, 0.05) is 11.7 Å². The van der Waals surface area contributed by atoms with Gasteiger partial charge < -0.3 is 5.32 Å². The van der Waals surface area contributed by atoms with Gasteiger partial charge in [0.15, 0.2) is 4.34 Å². The Kier molecular flexibility index (Phi) is 3.36. The number of thioether (sulfide) groups is 1. The first-order chi connectivity index (χ1) is 10.3. The molecule has 3 aromatic rings. The normalized spacial score (nSPS) is 14.5. The molecule has 1 heterocycles. The van der Waals surface area contributed by atoms with Crippen LogP contribution >= 0.6 is 23.1 Å². The molecule has 0 spiro atoms. The molecule has 4 rings (SSSR count). The summed E-state index contributed by atoms with van der Waals surface area (Å²) in [5.74, 6) is 0. The topological polar surface area (TPSA) is 24.9 Å². The monoisotopic (exact) mass is 312 g/mol. The van der Waals surface area contributed by atoms with Crippen molar-refractivity contribution in [3.8, 4) is 0 Å². The Morgan fingerprint density at radius 3 is 2.62 bits per heavy atom. The second-order valence-corrected chi connectivity index (χ2v) is 7.47. The minimum atomic E-state index is 0.507. The molecule has 0 saturated carbocycles. The highest BCUT2D eigenvalue weighted by Crippen LogP contribution is 2.31. The fourth-order valence-corrected chi connectivity index (χ4v) is 4.51. The van der Waals surface area contributed by atoms with Crippen molar-refractivity contribution >= 4 is 39.0 Å². The number of rotatable bonds is 3. The summed E-state index contributed by atoms with van der Waals surface area (Å²) in [5.41, 5.74) is 5.28. The van der Waals surface area contributed by atoms with E-state index in [1.165, 1.54) is 21.5 Å². The van der Waals surface area contributed by atoms with Crippen molar-refractivity contribution in [2.75, 3.05) is 11.6 Å². The molecule has 106 valence electrons. The van der Waals surface area contributed by atoms with E-state index in [1.807, 2.05) is 0 Å². The summed E-state index contributed by atoms with van der Waals surface area (Å²) in [6.07, 6.45) is 4.31. The maximum atomic E-state index is 4.59. The maximum absolute atomic E-state index is 4.59. The quantitative estimate of drug-likeness (QED) is 0.716. The molecule has 0 fully saturated rings. The predicted molar refractivity (Wildman–Crippen MR) is 92.7 cm³/mol. The van der Waals surface area contributed by atoms with Gasteiger partial charge in [0.25, 0.3) is 0 Å². The van der Waals surface area contributed by atoms with E-state index in [0.29, 0.717) is 6.04 Å². The van der Waals surface area contributed by atoms with Gasteiger partial charge in [-0.1, -0.05) is 36.0 Å². The molecule has 21 heavy (non-hydrogen) atoms. The zero-order chi connectivity index (χ0) is 14.2. The van der Waals surface area contributed by atoms with Crippen LogP contribution in [-0.4, -0.2) is 17.3 Å². The number of nitrogens with one attached hydrogen (secondary N) is 1. The van der Waals surface area contributed by atoms with Crippen molar-refractivity contribution in [3.05, 3.63) is 53.6 Å². The van der Waals surface area contributed by atoms with E-state index in [4.69, 9.17) is 0 Å². The van der Waals surface area contributed by atoms with Crippen molar-refractivity contribution in [1.29, 1.82) is 0 Å². The SMILES string of the molecule is CSc1nc2ccc(NC3Cc4ccccc4C3)cc2s1. The molecule has 1 N–H and O–H groups in total. The average molecular weight is 312 g/mol. The van der Waals surface area contributed by atoms with Crippen LogP contribution in [0.25, 0.3) is 10.2 Å². The Hall–Kier alpha value is -1.52. The van der Waals surface area contributed by atoms with Gasteiger partial charge in [-0.25, -0.2) is 4.98 Å². The van der Waals surface area contributed by atoms with Gasteiger partial charge in [0.05, 0.1) is 10.2 Å². The minimum Gasteiger partial charge on any atom is -0.382 e. The van der Waals surface area contributed by atoms with E-state index in [1.54, 1.807) is 23.1 Å². The summed E-state index contributed by atoms with van der Waals surface area (Å²) >= 11 is 3.48. The standard InChI is InChI=1S/C17H16N2S2/c1-20-17-19-15-7-6-13(10-16(15)21-17)18-14-8-11-4-2-3-5-12(11)9-14/h2-7,10,14,18H,8-9H2,1H3. The van der Waals surface area contributed by atoms with E-state index in [-0.39, 0.29) is 0 Å². The van der Waals surface area contributed by atoms with Crippen LogP contribution in [-0.2, 0) is 12.8 Å². The Morgan fingerprint density at radius 1 is 1.14 bits per heavy atom. The van der Waals surface area contributed by atoms with Crippen molar-refractivity contribution in [1.82, 2.24) is 4.98 Å². The maximum Gasteiger partial charge on any atom is 0.150 e. The van der Waals surface area contributed by atoms with Gasteiger partial charge in [-0.3, -0.25) is 0 Å². The van der Waals surface area contributed by atoms with Crippen LogP contribution < -0.4 is 5.32 Å². The molecule has 2 aromatic carbocycles. The minimum absolute atomic E-state index is 0.507. The Bertz CT molecular complexity index is 769. The Morgan fingerprint density at radius 2 is 1.90 bits per heavy atom. The Labute approximate surface area is 132 Å². The molecule has 0 aliphatic heterocycles. The van der Waals surface area contributed by atoms with Gasteiger partial charge in [0.1, 0.15) is 0 Å². The van der Waals surface area contributed by atoms with Crippen LogP contribution in [0.1, 0.15) is 11.1 Å². The molecule has 0 bridgehead atoms. The summed E-state index contributed by atoms with van der Waals surface area (Å²) in [6.45, 7) is 0. The van der Waals surface area contributed by atoms with Crippen LogP contribution in [0.4, 0.5) is 5.69 Å². The Balaban J connectivity index is 1.55. The van der Waals surface area contributed by atoms with Gasteiger partial charge in [0.2, 0.25) is 0 Å². The zero-order valence-corrected chi connectivity index (χ0v) is 13.4. The number of hydrogen-bond donors (Lipinski definition) is 1. The third kappa shape index (κ3) is 2.54. The molecule has 1 aromatic heterocycles. The van der Waals surface area contributed by atoms with Crippen LogP contribution in [0.15, 0.2) is 46.8 Å². The largest absolute Gasteiger partial charge is 0.382 e.